The minimum Gasteiger partial charge on any atom is -0.383 e. The lowest BCUT2D eigenvalue weighted by Gasteiger charge is -2.17. The molecule has 0 aliphatic carbocycles. The van der Waals surface area contributed by atoms with E-state index in [2.05, 4.69) is 65.8 Å². The molecule has 0 spiro atoms. The third kappa shape index (κ3) is 5.82. The van der Waals surface area contributed by atoms with E-state index in [1.807, 2.05) is 11.6 Å². The van der Waals surface area contributed by atoms with Gasteiger partial charge in [-0.2, -0.15) is 5.10 Å². The topological polar surface area (TPSA) is 63.5 Å². The largest absolute Gasteiger partial charge is 0.383 e. The van der Waals surface area contributed by atoms with Crippen LogP contribution in [0.5, 0.6) is 0 Å². The number of nitrogens with zero attached hydrogens (tertiary/aromatic N) is 3. The molecule has 0 fully saturated rings. The van der Waals surface area contributed by atoms with E-state index in [4.69, 9.17) is 4.74 Å². The molecule has 0 saturated carbocycles. The predicted molar refractivity (Wildman–Crippen MR) is 111 cm³/mol. The Balaban J connectivity index is 1.91. The fraction of sp³-hybridized carbons (Fsp3) is 0.524. The minimum atomic E-state index is 0.406. The second-order valence-electron chi connectivity index (χ2n) is 6.99. The molecule has 0 bridgehead atoms. The molecule has 0 radical (unpaired) electrons. The van der Waals surface area contributed by atoms with Crippen LogP contribution < -0.4 is 10.6 Å². The molecule has 1 heterocycles. The van der Waals surface area contributed by atoms with Gasteiger partial charge in [0.25, 0.3) is 0 Å². The number of methoxy groups -OCH3 is 1. The molecule has 148 valence electrons. The van der Waals surface area contributed by atoms with Gasteiger partial charge in [-0.25, -0.2) is 0 Å². The first kappa shape index (κ1) is 21.0. The monoisotopic (exact) mass is 371 g/mol. The zero-order valence-electron chi connectivity index (χ0n) is 17.5. The first-order valence-electron chi connectivity index (χ1n) is 9.49. The van der Waals surface area contributed by atoms with Crippen molar-refractivity contribution in [3.05, 3.63) is 52.3 Å². The number of aliphatic imine (C=N–C) groups is 1. The van der Waals surface area contributed by atoms with Crippen LogP contribution in [0.4, 0.5) is 0 Å². The van der Waals surface area contributed by atoms with Crippen LogP contribution in [0.1, 0.15) is 40.9 Å². The Hall–Kier alpha value is -2.34. The van der Waals surface area contributed by atoms with Crippen molar-refractivity contribution in [2.75, 3.05) is 27.3 Å². The summed E-state index contributed by atoms with van der Waals surface area (Å²) in [6.45, 7) is 11.5. The van der Waals surface area contributed by atoms with Crippen LogP contribution >= 0.6 is 0 Å². The van der Waals surface area contributed by atoms with E-state index in [-0.39, 0.29) is 0 Å². The standard InChI is InChI=1S/C21H33N5O/c1-15-8-7-9-19(12-15)16(2)13-23-21(22-5)24-14-20-17(3)25-26(18(20)4)10-11-27-6/h7-9,12,16H,10-11,13-14H2,1-6H3,(H2,22,23,24). The van der Waals surface area contributed by atoms with Gasteiger partial charge in [-0.05, 0) is 32.3 Å². The van der Waals surface area contributed by atoms with Crippen molar-refractivity contribution < 1.29 is 4.74 Å². The highest BCUT2D eigenvalue weighted by Crippen LogP contribution is 2.15. The molecule has 2 rings (SSSR count). The number of hydrogen-bond acceptors (Lipinski definition) is 3. The van der Waals surface area contributed by atoms with E-state index in [9.17, 15) is 0 Å². The molecule has 0 aliphatic heterocycles. The van der Waals surface area contributed by atoms with Gasteiger partial charge in [0, 0.05) is 38.5 Å². The average molecular weight is 372 g/mol. The lowest BCUT2D eigenvalue weighted by atomic mass is 9.99. The summed E-state index contributed by atoms with van der Waals surface area (Å²) >= 11 is 0. The van der Waals surface area contributed by atoms with Crippen LogP contribution in [0.15, 0.2) is 29.3 Å². The Morgan fingerprint density at radius 2 is 2.04 bits per heavy atom. The summed E-state index contributed by atoms with van der Waals surface area (Å²) in [5.74, 6) is 1.21. The molecule has 6 nitrogen and oxygen atoms in total. The Morgan fingerprint density at radius 1 is 1.26 bits per heavy atom. The summed E-state index contributed by atoms with van der Waals surface area (Å²) in [6.07, 6.45) is 0. The molecule has 27 heavy (non-hydrogen) atoms. The summed E-state index contributed by atoms with van der Waals surface area (Å²) in [5, 5.41) is 11.4. The molecule has 1 atom stereocenters. The number of rotatable bonds is 8. The van der Waals surface area contributed by atoms with E-state index in [0.717, 1.165) is 24.7 Å². The fourth-order valence-corrected chi connectivity index (χ4v) is 3.12. The maximum Gasteiger partial charge on any atom is 0.191 e. The van der Waals surface area contributed by atoms with E-state index < -0.39 is 0 Å². The van der Waals surface area contributed by atoms with Gasteiger partial charge >= 0.3 is 0 Å². The molecular formula is C21H33N5O. The molecule has 1 aromatic carbocycles. The normalized spacial score (nSPS) is 12.9. The molecule has 2 N–H and O–H groups in total. The van der Waals surface area contributed by atoms with Gasteiger partial charge in [-0.1, -0.05) is 36.8 Å². The van der Waals surface area contributed by atoms with Crippen LogP contribution in [0.3, 0.4) is 0 Å². The second kappa shape index (κ2) is 10.1. The van der Waals surface area contributed by atoms with Gasteiger partial charge in [0.15, 0.2) is 5.96 Å². The van der Waals surface area contributed by atoms with Gasteiger partial charge in [0.05, 0.1) is 18.8 Å². The van der Waals surface area contributed by atoms with E-state index >= 15 is 0 Å². The summed E-state index contributed by atoms with van der Waals surface area (Å²) in [4.78, 5) is 4.35. The fourth-order valence-electron chi connectivity index (χ4n) is 3.12. The van der Waals surface area contributed by atoms with E-state index in [1.165, 1.54) is 22.4 Å². The Morgan fingerprint density at radius 3 is 2.70 bits per heavy atom. The average Bonchev–Trinajstić information content (AvgIpc) is 2.93. The van der Waals surface area contributed by atoms with Gasteiger partial charge in [0.2, 0.25) is 0 Å². The minimum absolute atomic E-state index is 0.406. The molecule has 6 heteroatoms. The Kier molecular flexibility index (Phi) is 7.85. The number of aromatic nitrogens is 2. The smallest absolute Gasteiger partial charge is 0.191 e. The first-order chi connectivity index (χ1) is 13.0. The molecule has 1 aromatic heterocycles. The van der Waals surface area contributed by atoms with Crippen LogP contribution in [-0.2, 0) is 17.8 Å². The number of hydrogen-bond donors (Lipinski definition) is 2. The van der Waals surface area contributed by atoms with Crippen LogP contribution in [0.2, 0.25) is 0 Å². The maximum absolute atomic E-state index is 5.16. The lowest BCUT2D eigenvalue weighted by Crippen LogP contribution is -2.38. The number of ether oxygens (including phenoxy) is 1. The van der Waals surface area contributed by atoms with Crippen molar-refractivity contribution >= 4 is 5.96 Å². The molecule has 1 unspecified atom stereocenters. The highest BCUT2D eigenvalue weighted by atomic mass is 16.5. The van der Waals surface area contributed by atoms with Gasteiger partial charge < -0.3 is 15.4 Å². The SMILES string of the molecule is CN=C(NCc1c(C)nn(CCOC)c1C)NCC(C)c1cccc(C)c1. The summed E-state index contributed by atoms with van der Waals surface area (Å²) in [7, 11) is 3.51. The third-order valence-corrected chi connectivity index (χ3v) is 4.88. The van der Waals surface area contributed by atoms with Crippen molar-refractivity contribution in [2.24, 2.45) is 4.99 Å². The van der Waals surface area contributed by atoms with Crippen molar-refractivity contribution in [1.82, 2.24) is 20.4 Å². The van der Waals surface area contributed by atoms with E-state index in [0.29, 0.717) is 19.1 Å². The Labute approximate surface area is 163 Å². The third-order valence-electron chi connectivity index (χ3n) is 4.88. The van der Waals surface area contributed by atoms with Crippen molar-refractivity contribution in [1.29, 1.82) is 0 Å². The molecule has 0 amide bonds. The molecule has 0 aliphatic rings. The summed E-state index contributed by atoms with van der Waals surface area (Å²) < 4.78 is 7.16. The van der Waals surface area contributed by atoms with Crippen LogP contribution in [0, 0.1) is 20.8 Å². The van der Waals surface area contributed by atoms with Gasteiger partial charge in [-0.3, -0.25) is 9.67 Å². The van der Waals surface area contributed by atoms with Gasteiger partial charge in [-0.15, -0.1) is 0 Å². The quantitative estimate of drug-likeness (QED) is 0.553. The zero-order valence-corrected chi connectivity index (χ0v) is 17.5. The first-order valence-corrected chi connectivity index (χ1v) is 9.49. The maximum atomic E-state index is 5.16. The zero-order chi connectivity index (χ0) is 19.8. The molecule has 2 aromatic rings. The highest BCUT2D eigenvalue weighted by molar-refractivity contribution is 5.79. The summed E-state index contributed by atoms with van der Waals surface area (Å²) in [5.41, 5.74) is 6.04. The van der Waals surface area contributed by atoms with Crippen molar-refractivity contribution in [3.8, 4) is 0 Å². The van der Waals surface area contributed by atoms with Gasteiger partial charge in [0.1, 0.15) is 0 Å². The van der Waals surface area contributed by atoms with E-state index in [1.54, 1.807) is 14.2 Å². The van der Waals surface area contributed by atoms with Crippen molar-refractivity contribution in [3.63, 3.8) is 0 Å². The summed E-state index contributed by atoms with van der Waals surface area (Å²) in [6, 6.07) is 8.66. The second-order valence-corrected chi connectivity index (χ2v) is 6.99. The van der Waals surface area contributed by atoms with Crippen LogP contribution in [-0.4, -0.2) is 43.0 Å². The predicted octanol–water partition coefficient (Wildman–Crippen LogP) is 2.92. The van der Waals surface area contributed by atoms with Crippen molar-refractivity contribution in [2.45, 2.75) is 46.7 Å². The molecular weight excluding hydrogens is 338 g/mol. The van der Waals surface area contributed by atoms with Crippen LogP contribution in [0.25, 0.3) is 0 Å². The number of aryl methyl sites for hydroxylation is 2. The number of guanidine groups is 1. The number of nitrogens with one attached hydrogen (secondary N) is 2. The molecule has 0 saturated heterocycles. The Bertz CT molecular complexity index is 766. The number of benzene rings is 1. The lowest BCUT2D eigenvalue weighted by molar-refractivity contribution is 0.182. The highest BCUT2D eigenvalue weighted by Gasteiger charge is 2.12.